The van der Waals surface area contributed by atoms with Gasteiger partial charge in [0.1, 0.15) is 5.69 Å². The second kappa shape index (κ2) is 4.50. The van der Waals surface area contributed by atoms with Crippen molar-refractivity contribution < 1.29 is 5.11 Å². The monoisotopic (exact) mass is 309 g/mol. The molecule has 3 rings (SSSR count). The number of aryl methyl sites for hydroxylation is 1. The van der Waals surface area contributed by atoms with Crippen molar-refractivity contribution in [3.63, 3.8) is 0 Å². The first kappa shape index (κ1) is 13.0. The van der Waals surface area contributed by atoms with Crippen molar-refractivity contribution in [2.75, 3.05) is 5.32 Å². The first-order valence-electron chi connectivity index (χ1n) is 5.63. The molecule has 20 heavy (non-hydrogen) atoms. The molecule has 0 aliphatic carbocycles. The van der Waals surface area contributed by atoms with Gasteiger partial charge in [-0.2, -0.15) is 9.61 Å². The number of phenols is 1. The Morgan fingerprint density at radius 1 is 1.25 bits per heavy atom. The molecule has 2 aromatic heterocycles. The molecule has 0 fully saturated rings. The van der Waals surface area contributed by atoms with Crippen LogP contribution in [0.2, 0.25) is 10.0 Å². The van der Waals surface area contributed by atoms with E-state index in [1.165, 1.54) is 0 Å². The van der Waals surface area contributed by atoms with Crippen LogP contribution in [0.1, 0.15) is 5.69 Å². The smallest absolute Gasteiger partial charge is 0.203 e. The van der Waals surface area contributed by atoms with E-state index in [1.807, 2.05) is 6.92 Å². The molecule has 2 heterocycles. The highest BCUT2D eigenvalue weighted by atomic mass is 35.5. The number of phenolic OH excluding ortho intramolecular Hbond substituents is 1. The van der Waals surface area contributed by atoms with Crippen molar-refractivity contribution in [2.45, 2.75) is 6.92 Å². The quantitative estimate of drug-likeness (QED) is 0.711. The average molecular weight is 310 g/mol. The number of nitrogens with one attached hydrogen (secondary N) is 1. The zero-order valence-corrected chi connectivity index (χ0v) is 11.9. The highest BCUT2D eigenvalue weighted by molar-refractivity contribution is 6.37. The molecule has 0 saturated heterocycles. The fraction of sp³-hybridized carbons (Fsp3) is 0.0833. The van der Waals surface area contributed by atoms with Crippen molar-refractivity contribution in [2.24, 2.45) is 0 Å². The molecular formula is C12H9Cl2N5O. The molecule has 102 valence electrons. The fourth-order valence-corrected chi connectivity index (χ4v) is 2.35. The summed E-state index contributed by atoms with van der Waals surface area (Å²) in [5, 5.41) is 25.1. The van der Waals surface area contributed by atoms with Crippen LogP contribution in [0, 0.1) is 6.92 Å². The van der Waals surface area contributed by atoms with Gasteiger partial charge in [-0.05, 0) is 19.1 Å². The number of rotatable bonds is 2. The maximum Gasteiger partial charge on any atom is 0.203 e. The summed E-state index contributed by atoms with van der Waals surface area (Å²) in [6, 6.07) is 3.13. The molecule has 6 nitrogen and oxygen atoms in total. The number of anilines is 2. The molecule has 0 aliphatic heterocycles. The zero-order valence-electron chi connectivity index (χ0n) is 10.4. The largest absolute Gasteiger partial charge is 0.505 e. The van der Waals surface area contributed by atoms with Crippen LogP contribution in [-0.4, -0.2) is 24.9 Å². The summed E-state index contributed by atoms with van der Waals surface area (Å²) in [6.07, 6.45) is 0. The van der Waals surface area contributed by atoms with E-state index in [0.29, 0.717) is 22.5 Å². The molecule has 0 bridgehead atoms. The summed E-state index contributed by atoms with van der Waals surface area (Å²) in [5.74, 6) is -0.149. The van der Waals surface area contributed by atoms with Gasteiger partial charge < -0.3 is 10.4 Å². The number of nitrogens with zero attached hydrogens (tertiary/aromatic N) is 4. The lowest BCUT2D eigenvalue weighted by atomic mass is 10.2. The van der Waals surface area contributed by atoms with E-state index >= 15 is 0 Å². The molecule has 1 aromatic carbocycles. The molecule has 2 N–H and O–H groups in total. The number of hydrogen-bond donors (Lipinski definition) is 2. The Morgan fingerprint density at radius 2 is 1.90 bits per heavy atom. The molecule has 0 saturated carbocycles. The average Bonchev–Trinajstić information content (AvgIpc) is 2.89. The van der Waals surface area contributed by atoms with Crippen LogP contribution in [0.15, 0.2) is 12.1 Å². The van der Waals surface area contributed by atoms with Crippen LogP contribution in [0.5, 0.6) is 5.75 Å². The molecule has 0 unspecified atom stereocenters. The summed E-state index contributed by atoms with van der Waals surface area (Å²) in [5.41, 5.74) is 3.06. The van der Waals surface area contributed by atoms with Crippen LogP contribution in [0.25, 0.3) is 12.2 Å². The minimum absolute atomic E-state index is 0.149. The summed E-state index contributed by atoms with van der Waals surface area (Å²) < 4.78 is 1.54. The second-order valence-electron chi connectivity index (χ2n) is 4.23. The maximum absolute atomic E-state index is 9.55. The lowest BCUT2D eigenvalue weighted by molar-refractivity contribution is 0.476. The molecule has 0 radical (unpaired) electrons. The molecule has 0 aliphatic rings. The Balaban J connectivity index is 2.09. The molecular weight excluding hydrogens is 301 g/mol. The molecule has 0 amide bonds. The Bertz CT molecular complexity index is 837. The van der Waals surface area contributed by atoms with Crippen molar-refractivity contribution in [1.29, 1.82) is 0 Å². The fourth-order valence-electron chi connectivity index (χ4n) is 1.86. The summed E-state index contributed by atoms with van der Waals surface area (Å²) in [4.78, 5) is 0. The molecule has 3 aromatic rings. The van der Waals surface area contributed by atoms with E-state index in [4.69, 9.17) is 23.2 Å². The van der Waals surface area contributed by atoms with Gasteiger partial charge in [0.25, 0.3) is 0 Å². The Labute approximate surface area is 123 Å². The third kappa shape index (κ3) is 1.93. The number of halogens is 2. The second-order valence-corrected chi connectivity index (χ2v) is 5.04. The summed E-state index contributed by atoms with van der Waals surface area (Å²) in [7, 11) is 0. The van der Waals surface area contributed by atoms with E-state index < -0.39 is 0 Å². The predicted octanol–water partition coefficient (Wildman–Crippen LogP) is 2.32. The normalized spacial score (nSPS) is 11.2. The SMILES string of the molecule is C=c1nnc2c(Nc3cc(Cl)c(O)c(Cl)c3)c(C)nn12. The number of benzene rings is 1. The van der Waals surface area contributed by atoms with Gasteiger partial charge in [0.15, 0.2) is 11.2 Å². The molecule has 0 spiro atoms. The highest BCUT2D eigenvalue weighted by Crippen LogP contribution is 2.36. The van der Waals surface area contributed by atoms with Gasteiger partial charge in [-0.25, -0.2) is 0 Å². The van der Waals surface area contributed by atoms with E-state index in [2.05, 4.69) is 27.2 Å². The van der Waals surface area contributed by atoms with Gasteiger partial charge in [-0.1, -0.05) is 29.8 Å². The minimum Gasteiger partial charge on any atom is -0.505 e. The third-order valence-corrected chi connectivity index (χ3v) is 3.40. The Kier molecular flexibility index (Phi) is 2.92. The minimum atomic E-state index is -0.149. The number of fused-ring (bicyclic) bond motifs is 1. The standard InChI is InChI=1S/C12H9Cl2N5O/c1-5-10(12-17-16-6(2)19(12)18-5)15-7-3-8(13)11(20)9(14)4-7/h3-4,15,20H,2H2,1H3. The van der Waals surface area contributed by atoms with E-state index in [9.17, 15) is 5.11 Å². The van der Waals surface area contributed by atoms with Gasteiger partial charge in [0.2, 0.25) is 5.65 Å². The molecule has 0 atom stereocenters. The maximum atomic E-state index is 9.55. The Hall–Kier alpha value is -2.05. The van der Waals surface area contributed by atoms with E-state index in [1.54, 1.807) is 16.6 Å². The summed E-state index contributed by atoms with van der Waals surface area (Å²) in [6.45, 7) is 5.57. The Morgan fingerprint density at radius 3 is 2.55 bits per heavy atom. The topological polar surface area (TPSA) is 75.3 Å². The van der Waals surface area contributed by atoms with Crippen LogP contribution >= 0.6 is 23.2 Å². The van der Waals surface area contributed by atoms with Gasteiger partial charge in [-0.15, -0.1) is 10.2 Å². The lowest BCUT2D eigenvalue weighted by Gasteiger charge is -2.07. The van der Waals surface area contributed by atoms with Gasteiger partial charge >= 0.3 is 0 Å². The van der Waals surface area contributed by atoms with Crippen LogP contribution in [0.3, 0.4) is 0 Å². The lowest BCUT2D eigenvalue weighted by Crippen LogP contribution is -2.09. The van der Waals surface area contributed by atoms with Crippen molar-refractivity contribution in [1.82, 2.24) is 19.8 Å². The first-order chi connectivity index (χ1) is 9.47. The first-order valence-corrected chi connectivity index (χ1v) is 6.38. The molecule has 8 heteroatoms. The van der Waals surface area contributed by atoms with Crippen LogP contribution in [-0.2, 0) is 0 Å². The predicted molar refractivity (Wildman–Crippen MR) is 77.7 cm³/mol. The van der Waals surface area contributed by atoms with Gasteiger partial charge in [0.05, 0.1) is 15.7 Å². The summed E-state index contributed by atoms with van der Waals surface area (Å²) >= 11 is 11.8. The van der Waals surface area contributed by atoms with E-state index in [0.717, 1.165) is 5.69 Å². The number of hydrogen-bond acceptors (Lipinski definition) is 5. The van der Waals surface area contributed by atoms with Crippen LogP contribution in [0.4, 0.5) is 11.4 Å². The zero-order chi connectivity index (χ0) is 14.4. The van der Waals surface area contributed by atoms with Crippen molar-refractivity contribution in [3.05, 3.63) is 33.4 Å². The van der Waals surface area contributed by atoms with Crippen LogP contribution < -0.4 is 10.8 Å². The number of aromatic hydroxyl groups is 1. The van der Waals surface area contributed by atoms with E-state index in [-0.39, 0.29) is 15.8 Å². The number of aromatic nitrogens is 4. The van der Waals surface area contributed by atoms with Crippen molar-refractivity contribution in [3.8, 4) is 5.75 Å². The van der Waals surface area contributed by atoms with Gasteiger partial charge in [0, 0.05) is 5.69 Å². The van der Waals surface area contributed by atoms with Crippen molar-refractivity contribution >= 4 is 46.8 Å². The highest BCUT2D eigenvalue weighted by Gasteiger charge is 2.14. The van der Waals surface area contributed by atoms with Gasteiger partial charge in [-0.3, -0.25) is 0 Å². The third-order valence-electron chi connectivity index (χ3n) is 2.83.